The van der Waals surface area contributed by atoms with Gasteiger partial charge in [-0.15, -0.1) is 0 Å². The van der Waals surface area contributed by atoms with E-state index in [0.717, 1.165) is 44.9 Å². The Morgan fingerprint density at radius 3 is 1.92 bits per heavy atom. The standard InChI is InChI=1S/C32H55N5O8S2.Cu/c38-29-18-25(35-34-24-8-6-20-16-26(46(40,41)42)11-7-19(20)14-24)10-13-28(29)36-37-31-30(47(43,44)45)17-21-15-23(9-12-27(21)32(31)39)33-22-4-2-1-3-5-22;/h19-33,38-39H,1-18H2,(H,40,41,42)(H,43,44,45);. The summed E-state index contributed by atoms with van der Waals surface area (Å²) in [6.07, 6.45) is 12.8. The van der Waals surface area contributed by atoms with E-state index in [0.29, 0.717) is 44.1 Å². The molecule has 0 aromatic heterocycles. The number of azo groups is 2. The minimum atomic E-state index is -4.48. The molecule has 0 heterocycles. The van der Waals surface area contributed by atoms with Crippen molar-refractivity contribution in [2.75, 3.05) is 0 Å². The van der Waals surface area contributed by atoms with Crippen LogP contribution in [0.4, 0.5) is 0 Å². The van der Waals surface area contributed by atoms with E-state index in [1.165, 1.54) is 32.1 Å². The summed E-state index contributed by atoms with van der Waals surface area (Å²) in [5.41, 5.74) is 0. The zero-order valence-corrected chi connectivity index (χ0v) is 30.2. The fourth-order valence-electron chi connectivity index (χ4n) is 10.0. The Morgan fingerprint density at radius 1 is 0.562 bits per heavy atom. The van der Waals surface area contributed by atoms with Crippen LogP contribution in [0.5, 0.6) is 0 Å². The van der Waals surface area contributed by atoms with E-state index in [2.05, 4.69) is 25.8 Å². The van der Waals surface area contributed by atoms with Crippen molar-refractivity contribution < 1.29 is 53.2 Å². The van der Waals surface area contributed by atoms with Crippen LogP contribution in [-0.2, 0) is 37.3 Å². The maximum Gasteiger partial charge on any atom is 0.270 e. The number of fused-ring (bicyclic) bond motifs is 2. The Kier molecular flexibility index (Phi) is 13.2. The van der Waals surface area contributed by atoms with E-state index in [4.69, 9.17) is 0 Å². The van der Waals surface area contributed by atoms with Crippen molar-refractivity contribution in [3.8, 4) is 0 Å². The fraction of sp³-hybridized carbons (Fsp3) is 1.00. The Hall–Kier alpha value is -0.581. The zero-order valence-electron chi connectivity index (χ0n) is 27.6. The molecule has 6 fully saturated rings. The molecule has 279 valence electrons. The first-order valence-electron chi connectivity index (χ1n) is 18.2. The van der Waals surface area contributed by atoms with Gasteiger partial charge >= 0.3 is 0 Å². The molecule has 13 nitrogen and oxygen atoms in total. The monoisotopic (exact) mass is 764 g/mol. The third-order valence-electron chi connectivity index (χ3n) is 12.7. The van der Waals surface area contributed by atoms with Gasteiger partial charge in [0.2, 0.25) is 0 Å². The van der Waals surface area contributed by atoms with E-state index < -0.39 is 55.0 Å². The van der Waals surface area contributed by atoms with Gasteiger partial charge in [0.05, 0.1) is 35.6 Å². The molecule has 6 aliphatic carbocycles. The van der Waals surface area contributed by atoms with Crippen molar-refractivity contribution in [3.63, 3.8) is 0 Å². The van der Waals surface area contributed by atoms with Crippen molar-refractivity contribution in [1.29, 1.82) is 0 Å². The van der Waals surface area contributed by atoms with E-state index in [-0.39, 0.29) is 59.4 Å². The zero-order chi connectivity index (χ0) is 33.3. The molecular weight excluding hydrogens is 710 g/mol. The Morgan fingerprint density at radius 2 is 1.23 bits per heavy atom. The Balaban J connectivity index is 0.00000451. The van der Waals surface area contributed by atoms with Crippen molar-refractivity contribution in [2.45, 2.75) is 175 Å². The second-order valence-electron chi connectivity index (χ2n) is 15.7. The van der Waals surface area contributed by atoms with Gasteiger partial charge in [-0.25, -0.2) is 0 Å². The Labute approximate surface area is 296 Å². The first-order valence-corrected chi connectivity index (χ1v) is 21.2. The molecule has 0 saturated heterocycles. The molecule has 16 heteroatoms. The largest absolute Gasteiger partial charge is 0.391 e. The number of hydrogen-bond acceptors (Lipinski definition) is 11. The first kappa shape index (κ1) is 38.6. The summed E-state index contributed by atoms with van der Waals surface area (Å²) >= 11 is 0. The van der Waals surface area contributed by atoms with Crippen LogP contribution < -0.4 is 5.32 Å². The molecule has 0 aromatic rings. The van der Waals surface area contributed by atoms with Crippen molar-refractivity contribution in [3.05, 3.63) is 0 Å². The second kappa shape index (κ2) is 16.4. The Bertz CT molecular complexity index is 1350. The predicted octanol–water partition coefficient (Wildman–Crippen LogP) is 4.49. The van der Waals surface area contributed by atoms with E-state index in [1.807, 2.05) is 0 Å². The maximum absolute atomic E-state index is 12.5. The van der Waals surface area contributed by atoms with E-state index in [1.54, 1.807) is 0 Å². The molecule has 1 radical (unpaired) electrons. The molecule has 5 N–H and O–H groups in total. The first-order chi connectivity index (χ1) is 22.3. The number of nitrogens with one attached hydrogen (secondary N) is 1. The average Bonchev–Trinajstić information content (AvgIpc) is 3.03. The third kappa shape index (κ3) is 9.44. The van der Waals surface area contributed by atoms with E-state index >= 15 is 0 Å². The van der Waals surface area contributed by atoms with Crippen molar-refractivity contribution in [2.24, 2.45) is 44.1 Å². The summed E-state index contributed by atoms with van der Waals surface area (Å²) in [4.78, 5) is 0. The van der Waals surface area contributed by atoms with Crippen LogP contribution in [0, 0.1) is 23.7 Å². The van der Waals surface area contributed by atoms with Gasteiger partial charge in [-0.05, 0) is 120 Å². The molecule has 13 unspecified atom stereocenters. The summed E-state index contributed by atoms with van der Waals surface area (Å²) in [6.45, 7) is 0. The second-order valence-corrected chi connectivity index (χ2v) is 19.0. The molecule has 48 heavy (non-hydrogen) atoms. The van der Waals surface area contributed by atoms with Crippen LogP contribution in [0.15, 0.2) is 20.5 Å². The molecule has 0 spiro atoms. The summed E-state index contributed by atoms with van der Waals surface area (Å²) in [6, 6.07) is -0.909. The van der Waals surface area contributed by atoms with Gasteiger partial charge in [-0.2, -0.15) is 37.3 Å². The van der Waals surface area contributed by atoms with Gasteiger partial charge in [0.15, 0.2) is 0 Å². The van der Waals surface area contributed by atoms with E-state index in [9.17, 15) is 36.2 Å². The summed E-state index contributed by atoms with van der Waals surface area (Å²) in [5.74, 6) is 0.552. The minimum absolute atomic E-state index is 0. The van der Waals surface area contributed by atoms with Gasteiger partial charge in [0, 0.05) is 29.2 Å². The smallest absolute Gasteiger partial charge is 0.270 e. The van der Waals surface area contributed by atoms with Crippen LogP contribution in [0.2, 0.25) is 0 Å². The number of aliphatic hydroxyl groups is 2. The number of aliphatic hydroxyl groups excluding tert-OH is 2. The van der Waals surface area contributed by atoms with Crippen LogP contribution in [0.3, 0.4) is 0 Å². The predicted molar refractivity (Wildman–Crippen MR) is 175 cm³/mol. The molecule has 13 atom stereocenters. The van der Waals surface area contributed by atoms with Gasteiger partial charge in [0.1, 0.15) is 11.3 Å². The van der Waals surface area contributed by atoms with Gasteiger partial charge in [-0.1, -0.05) is 19.3 Å². The average molecular weight is 765 g/mol. The van der Waals surface area contributed by atoms with Crippen LogP contribution >= 0.6 is 0 Å². The topological polar surface area (TPSA) is 211 Å². The number of nitrogens with zero attached hydrogens (tertiary/aromatic N) is 4. The number of hydrogen-bond donors (Lipinski definition) is 5. The maximum atomic E-state index is 12.5. The summed E-state index contributed by atoms with van der Waals surface area (Å²) in [7, 11) is -8.47. The normalized spacial score (nSPS) is 43.4. The molecule has 6 aliphatic rings. The number of rotatable bonds is 8. The SMILES string of the molecule is O=S(=O)(O)C1CCC2CC(N=NC3CCC(N=NC4C(O)C5CCC(NC6CCCCC6)CC5CC4S(=O)(=O)O)C(O)C3)CCC2C1.[Cu]. The van der Waals surface area contributed by atoms with Crippen LogP contribution in [0.1, 0.15) is 116 Å². The van der Waals surface area contributed by atoms with Gasteiger partial charge in [-0.3, -0.25) is 9.11 Å². The molecule has 6 rings (SSSR count). The quantitative estimate of drug-likeness (QED) is 0.134. The summed E-state index contributed by atoms with van der Waals surface area (Å²) < 4.78 is 67.9. The molecular formula is C32H55CuN5O8S2. The molecule has 0 aliphatic heterocycles. The van der Waals surface area contributed by atoms with Crippen LogP contribution in [-0.4, -0.2) is 95.1 Å². The van der Waals surface area contributed by atoms with Crippen LogP contribution in [0.25, 0.3) is 0 Å². The minimum Gasteiger partial charge on any atom is -0.391 e. The molecule has 0 bridgehead atoms. The van der Waals surface area contributed by atoms with Gasteiger partial charge < -0.3 is 15.5 Å². The molecule has 0 aromatic carbocycles. The summed E-state index contributed by atoms with van der Waals surface area (Å²) in [5, 5.41) is 42.2. The van der Waals surface area contributed by atoms with Crippen molar-refractivity contribution >= 4 is 20.2 Å². The molecule has 6 saturated carbocycles. The molecule has 0 amide bonds. The fourth-order valence-corrected chi connectivity index (χ4v) is 12.0. The van der Waals surface area contributed by atoms with Crippen molar-refractivity contribution in [1.82, 2.24) is 5.32 Å². The van der Waals surface area contributed by atoms with Gasteiger partial charge in [0.25, 0.3) is 20.2 Å². The third-order valence-corrected chi connectivity index (χ3v) is 15.2.